The number of ketones is 1. The van der Waals surface area contributed by atoms with Crippen molar-refractivity contribution in [2.75, 3.05) is 0 Å². The molecule has 0 bridgehead atoms. The average Bonchev–Trinajstić information content (AvgIpc) is 2.73. The van der Waals surface area contributed by atoms with Crippen LogP contribution in [-0.4, -0.2) is 5.78 Å². The molecule has 0 radical (unpaired) electrons. The standard InChI is InChI=1S/C13H7BrClF3OS/c14-10-3-1-7(13(16,17)18)5-9(10)11(19)6-8-2-4-12(15)20-8/h1-5H,6H2. The molecule has 1 heterocycles. The van der Waals surface area contributed by atoms with Crippen molar-refractivity contribution in [1.29, 1.82) is 0 Å². The van der Waals surface area contributed by atoms with Crippen molar-refractivity contribution in [3.63, 3.8) is 0 Å². The number of hydrogen-bond acceptors (Lipinski definition) is 2. The molecule has 1 aromatic heterocycles. The number of carbonyl (C=O) groups excluding carboxylic acids is 1. The zero-order valence-corrected chi connectivity index (χ0v) is 13.0. The Morgan fingerprint density at radius 1 is 1.25 bits per heavy atom. The molecule has 20 heavy (non-hydrogen) atoms. The third-order valence-electron chi connectivity index (χ3n) is 2.56. The second kappa shape index (κ2) is 5.87. The lowest BCUT2D eigenvalue weighted by atomic mass is 10.0. The number of thiophene rings is 1. The smallest absolute Gasteiger partial charge is 0.294 e. The van der Waals surface area contributed by atoms with Crippen LogP contribution in [0.5, 0.6) is 0 Å². The molecular weight excluding hydrogens is 377 g/mol. The molecule has 106 valence electrons. The number of rotatable bonds is 3. The lowest BCUT2D eigenvalue weighted by Gasteiger charge is -2.09. The lowest BCUT2D eigenvalue weighted by Crippen LogP contribution is -2.09. The molecule has 0 aliphatic carbocycles. The van der Waals surface area contributed by atoms with Gasteiger partial charge in [0.2, 0.25) is 0 Å². The number of Topliss-reactive ketones (excluding diaryl/α,β-unsaturated/α-hetero) is 1. The maximum absolute atomic E-state index is 12.7. The lowest BCUT2D eigenvalue weighted by molar-refractivity contribution is -0.137. The zero-order chi connectivity index (χ0) is 14.9. The van der Waals surface area contributed by atoms with E-state index in [1.165, 1.54) is 17.4 Å². The van der Waals surface area contributed by atoms with Gasteiger partial charge in [-0.15, -0.1) is 11.3 Å². The second-order valence-electron chi connectivity index (χ2n) is 4.00. The van der Waals surface area contributed by atoms with Gasteiger partial charge in [0.25, 0.3) is 0 Å². The number of benzene rings is 1. The first-order chi connectivity index (χ1) is 9.27. The summed E-state index contributed by atoms with van der Waals surface area (Å²) in [6.07, 6.45) is -4.45. The van der Waals surface area contributed by atoms with Crippen LogP contribution in [0.1, 0.15) is 20.8 Å². The molecule has 0 amide bonds. The minimum absolute atomic E-state index is 0.0179. The van der Waals surface area contributed by atoms with Crippen molar-refractivity contribution in [2.45, 2.75) is 12.6 Å². The molecule has 0 aliphatic heterocycles. The molecule has 0 unspecified atom stereocenters. The number of hydrogen-bond donors (Lipinski definition) is 0. The fraction of sp³-hybridized carbons (Fsp3) is 0.154. The van der Waals surface area contributed by atoms with Gasteiger partial charge in [0, 0.05) is 21.3 Å². The normalized spacial score (nSPS) is 11.7. The van der Waals surface area contributed by atoms with Gasteiger partial charge in [-0.3, -0.25) is 4.79 Å². The van der Waals surface area contributed by atoms with Crippen LogP contribution in [0.25, 0.3) is 0 Å². The van der Waals surface area contributed by atoms with Crippen molar-refractivity contribution in [3.8, 4) is 0 Å². The summed E-state index contributed by atoms with van der Waals surface area (Å²) in [7, 11) is 0. The Morgan fingerprint density at radius 2 is 1.95 bits per heavy atom. The molecule has 2 rings (SSSR count). The molecule has 2 aromatic rings. The molecule has 0 atom stereocenters. The van der Waals surface area contributed by atoms with Crippen molar-refractivity contribution in [1.82, 2.24) is 0 Å². The van der Waals surface area contributed by atoms with E-state index in [0.29, 0.717) is 13.7 Å². The van der Waals surface area contributed by atoms with Crippen LogP contribution in [-0.2, 0) is 12.6 Å². The van der Waals surface area contributed by atoms with Crippen LogP contribution >= 0.6 is 38.9 Å². The number of carbonyl (C=O) groups is 1. The predicted molar refractivity (Wildman–Crippen MR) is 76.5 cm³/mol. The summed E-state index contributed by atoms with van der Waals surface area (Å²) in [4.78, 5) is 12.8. The minimum atomic E-state index is -4.47. The van der Waals surface area contributed by atoms with Gasteiger partial charge in [-0.1, -0.05) is 27.5 Å². The third-order valence-corrected chi connectivity index (χ3v) is 4.48. The van der Waals surface area contributed by atoms with Gasteiger partial charge in [0.05, 0.1) is 9.90 Å². The van der Waals surface area contributed by atoms with E-state index in [4.69, 9.17) is 11.6 Å². The SMILES string of the molecule is O=C(Cc1ccc(Cl)s1)c1cc(C(F)(F)F)ccc1Br. The van der Waals surface area contributed by atoms with E-state index in [1.54, 1.807) is 12.1 Å². The highest BCUT2D eigenvalue weighted by atomic mass is 79.9. The van der Waals surface area contributed by atoms with Gasteiger partial charge in [-0.2, -0.15) is 13.2 Å². The van der Waals surface area contributed by atoms with Crippen LogP contribution in [0.3, 0.4) is 0 Å². The van der Waals surface area contributed by atoms with Gasteiger partial charge in [-0.25, -0.2) is 0 Å². The highest BCUT2D eigenvalue weighted by Gasteiger charge is 2.31. The Kier molecular flexibility index (Phi) is 4.56. The number of alkyl halides is 3. The monoisotopic (exact) mass is 382 g/mol. The van der Waals surface area contributed by atoms with E-state index in [-0.39, 0.29) is 17.8 Å². The maximum Gasteiger partial charge on any atom is 0.416 e. The fourth-order valence-corrected chi connectivity index (χ4v) is 3.17. The first-order valence-corrected chi connectivity index (χ1v) is 7.40. The van der Waals surface area contributed by atoms with E-state index in [9.17, 15) is 18.0 Å². The molecular formula is C13H7BrClF3OS. The van der Waals surface area contributed by atoms with E-state index >= 15 is 0 Å². The van der Waals surface area contributed by atoms with Crippen LogP contribution in [0, 0.1) is 0 Å². The highest BCUT2D eigenvalue weighted by molar-refractivity contribution is 9.10. The minimum Gasteiger partial charge on any atom is -0.294 e. The predicted octanol–water partition coefficient (Wildman–Crippen LogP) is 5.61. The van der Waals surface area contributed by atoms with E-state index < -0.39 is 11.7 Å². The Morgan fingerprint density at radius 3 is 2.50 bits per heavy atom. The third kappa shape index (κ3) is 3.62. The van der Waals surface area contributed by atoms with E-state index in [1.807, 2.05) is 0 Å². The first-order valence-electron chi connectivity index (χ1n) is 5.41. The Hall–Kier alpha value is -0.850. The second-order valence-corrected chi connectivity index (χ2v) is 6.65. The Labute approximate surface area is 130 Å². The quantitative estimate of drug-likeness (QED) is 0.630. The summed E-state index contributed by atoms with van der Waals surface area (Å²) in [5.74, 6) is -0.388. The zero-order valence-electron chi connectivity index (χ0n) is 9.80. The molecule has 1 nitrogen and oxygen atoms in total. The summed E-state index contributed by atoms with van der Waals surface area (Å²) >= 11 is 10.1. The van der Waals surface area contributed by atoms with E-state index in [2.05, 4.69) is 15.9 Å². The van der Waals surface area contributed by atoms with Crippen LogP contribution in [0.4, 0.5) is 13.2 Å². The summed E-state index contributed by atoms with van der Waals surface area (Å²) in [6, 6.07) is 6.37. The maximum atomic E-state index is 12.7. The van der Waals surface area contributed by atoms with Gasteiger partial charge >= 0.3 is 6.18 Å². The van der Waals surface area contributed by atoms with Crippen molar-refractivity contribution in [2.24, 2.45) is 0 Å². The summed E-state index contributed by atoms with van der Waals surface area (Å²) in [6.45, 7) is 0. The molecule has 0 saturated carbocycles. The molecule has 0 N–H and O–H groups in total. The van der Waals surface area contributed by atoms with Gasteiger partial charge in [-0.05, 0) is 30.3 Å². The Bertz CT molecular complexity index is 651. The first kappa shape index (κ1) is 15.5. The highest BCUT2D eigenvalue weighted by Crippen LogP contribution is 2.32. The van der Waals surface area contributed by atoms with Gasteiger partial charge in [0.1, 0.15) is 0 Å². The van der Waals surface area contributed by atoms with Crippen molar-refractivity contribution in [3.05, 3.63) is 55.1 Å². The van der Waals surface area contributed by atoms with Crippen LogP contribution in [0.15, 0.2) is 34.8 Å². The average molecular weight is 384 g/mol. The van der Waals surface area contributed by atoms with Crippen molar-refractivity contribution < 1.29 is 18.0 Å². The molecule has 0 fully saturated rings. The fourth-order valence-electron chi connectivity index (χ4n) is 1.62. The van der Waals surface area contributed by atoms with Gasteiger partial charge < -0.3 is 0 Å². The topological polar surface area (TPSA) is 17.1 Å². The van der Waals surface area contributed by atoms with Crippen molar-refractivity contribution >= 4 is 44.7 Å². The molecule has 0 spiro atoms. The summed E-state index contributed by atoms with van der Waals surface area (Å²) < 4.78 is 38.8. The summed E-state index contributed by atoms with van der Waals surface area (Å²) in [5, 5.41) is 0. The summed E-state index contributed by atoms with van der Waals surface area (Å²) in [5.41, 5.74) is -0.822. The molecule has 1 aromatic carbocycles. The Balaban J connectivity index is 2.29. The number of halogens is 5. The molecule has 0 saturated heterocycles. The molecule has 0 aliphatic rings. The largest absolute Gasteiger partial charge is 0.416 e. The van der Waals surface area contributed by atoms with E-state index in [0.717, 1.165) is 12.1 Å². The molecule has 7 heteroatoms. The van der Waals surface area contributed by atoms with Gasteiger partial charge in [0.15, 0.2) is 5.78 Å². The van der Waals surface area contributed by atoms with Crippen LogP contribution in [0.2, 0.25) is 4.34 Å². The van der Waals surface area contributed by atoms with Crippen LogP contribution < -0.4 is 0 Å².